The molecule has 1 amide bonds. The van der Waals surface area contributed by atoms with E-state index in [1.807, 2.05) is 30.3 Å². The number of hydrogen-bond acceptors (Lipinski definition) is 3. The lowest BCUT2D eigenvalue weighted by Gasteiger charge is -2.11. The maximum Gasteiger partial charge on any atom is 0.220 e. The van der Waals surface area contributed by atoms with Crippen LogP contribution in [0, 0.1) is 0 Å². The molecule has 0 bridgehead atoms. The number of carbonyl (C=O) groups is 1. The number of amides is 1. The van der Waals surface area contributed by atoms with Gasteiger partial charge in [-0.15, -0.1) is 0 Å². The lowest BCUT2D eigenvalue weighted by molar-refractivity contribution is -0.121. The smallest absolute Gasteiger partial charge is 0.220 e. The predicted molar refractivity (Wildman–Crippen MR) is 115 cm³/mol. The van der Waals surface area contributed by atoms with E-state index in [4.69, 9.17) is 4.98 Å². The van der Waals surface area contributed by atoms with Crippen molar-refractivity contribution < 1.29 is 9.90 Å². The third-order valence-corrected chi connectivity index (χ3v) is 5.21. The Kier molecular flexibility index (Phi) is 7.23. The first kappa shape index (κ1) is 20.6. The zero-order valence-electron chi connectivity index (χ0n) is 16.1. The number of fused-ring (bicyclic) bond motifs is 1. The molecule has 0 unspecified atom stereocenters. The number of nitrogens with zero attached hydrogens (tertiary/aromatic N) is 2. The van der Waals surface area contributed by atoms with Crippen LogP contribution in [0.2, 0.25) is 0 Å². The summed E-state index contributed by atoms with van der Waals surface area (Å²) in [6, 6.07) is 16.4. The Morgan fingerprint density at radius 3 is 2.71 bits per heavy atom. The van der Waals surface area contributed by atoms with E-state index in [1.54, 1.807) is 6.92 Å². The highest BCUT2D eigenvalue weighted by molar-refractivity contribution is 9.10. The van der Waals surface area contributed by atoms with E-state index in [0.717, 1.165) is 27.9 Å². The third-order valence-electron chi connectivity index (χ3n) is 4.68. The fourth-order valence-corrected chi connectivity index (χ4v) is 3.49. The Labute approximate surface area is 173 Å². The Morgan fingerprint density at radius 1 is 1.21 bits per heavy atom. The molecule has 1 heterocycles. The first-order chi connectivity index (χ1) is 13.5. The zero-order chi connectivity index (χ0) is 19.9. The quantitative estimate of drug-likeness (QED) is 0.523. The molecule has 0 spiro atoms. The second-order valence-corrected chi connectivity index (χ2v) is 7.99. The summed E-state index contributed by atoms with van der Waals surface area (Å²) in [7, 11) is 0. The number of nitrogens with one attached hydrogen (secondary N) is 1. The molecule has 1 atom stereocenters. The molecule has 5 nitrogen and oxygen atoms in total. The van der Waals surface area contributed by atoms with Crippen LogP contribution >= 0.6 is 15.9 Å². The average molecular weight is 444 g/mol. The summed E-state index contributed by atoms with van der Waals surface area (Å²) < 4.78 is 3.28. The van der Waals surface area contributed by atoms with Crippen molar-refractivity contribution >= 4 is 32.9 Å². The molecule has 0 aliphatic rings. The van der Waals surface area contributed by atoms with Gasteiger partial charge in [-0.05, 0) is 49.6 Å². The Morgan fingerprint density at radius 2 is 1.96 bits per heavy atom. The SMILES string of the molecule is C[C@@H](O)CCCC(=O)NCCc1nc2ccccc2n1Cc1ccc(Br)cc1. The van der Waals surface area contributed by atoms with E-state index in [9.17, 15) is 9.90 Å². The number of rotatable bonds is 9. The van der Waals surface area contributed by atoms with E-state index in [-0.39, 0.29) is 12.0 Å². The number of para-hydroxylation sites is 2. The van der Waals surface area contributed by atoms with Crippen molar-refractivity contribution in [2.75, 3.05) is 6.54 Å². The van der Waals surface area contributed by atoms with Crippen molar-refractivity contribution in [3.8, 4) is 0 Å². The van der Waals surface area contributed by atoms with Gasteiger partial charge in [0.1, 0.15) is 5.82 Å². The number of carbonyl (C=O) groups excluding carboxylic acids is 1. The lowest BCUT2D eigenvalue weighted by atomic mass is 10.1. The molecule has 3 rings (SSSR count). The molecular weight excluding hydrogens is 418 g/mol. The molecule has 6 heteroatoms. The van der Waals surface area contributed by atoms with Gasteiger partial charge in [0.05, 0.1) is 17.1 Å². The number of aromatic nitrogens is 2. The lowest BCUT2D eigenvalue weighted by Crippen LogP contribution is -2.26. The molecule has 3 aromatic rings. The van der Waals surface area contributed by atoms with Crippen molar-refractivity contribution in [3.05, 3.63) is 64.4 Å². The third kappa shape index (κ3) is 5.66. The van der Waals surface area contributed by atoms with Gasteiger partial charge in [-0.25, -0.2) is 4.98 Å². The zero-order valence-corrected chi connectivity index (χ0v) is 17.7. The van der Waals surface area contributed by atoms with Crippen LogP contribution in [0.5, 0.6) is 0 Å². The van der Waals surface area contributed by atoms with E-state index in [2.05, 4.69) is 44.0 Å². The Balaban J connectivity index is 1.67. The molecule has 2 aromatic carbocycles. The Bertz CT molecular complexity index is 919. The van der Waals surface area contributed by atoms with Crippen LogP contribution in [0.1, 0.15) is 37.6 Å². The number of hydrogen-bond donors (Lipinski definition) is 2. The van der Waals surface area contributed by atoms with Gasteiger partial charge in [-0.2, -0.15) is 0 Å². The van der Waals surface area contributed by atoms with E-state index in [0.29, 0.717) is 32.2 Å². The molecule has 0 saturated carbocycles. The van der Waals surface area contributed by atoms with E-state index in [1.165, 1.54) is 5.56 Å². The second-order valence-electron chi connectivity index (χ2n) is 7.07. The fraction of sp³-hybridized carbons (Fsp3) is 0.364. The predicted octanol–water partition coefficient (Wildman–Crippen LogP) is 4.06. The normalized spacial score (nSPS) is 12.2. The van der Waals surface area contributed by atoms with Crippen molar-refractivity contribution in [2.24, 2.45) is 0 Å². The minimum atomic E-state index is -0.355. The van der Waals surface area contributed by atoms with Crippen LogP contribution in [-0.4, -0.2) is 33.2 Å². The average Bonchev–Trinajstić information content (AvgIpc) is 3.01. The molecule has 148 valence electrons. The number of halogens is 1. The molecule has 0 aliphatic heterocycles. The number of imidazole rings is 1. The molecule has 2 N–H and O–H groups in total. The molecule has 0 aliphatic carbocycles. The molecule has 0 saturated heterocycles. The molecular formula is C22H26BrN3O2. The van der Waals surface area contributed by atoms with Gasteiger partial charge in [-0.1, -0.05) is 40.2 Å². The topological polar surface area (TPSA) is 67.2 Å². The summed E-state index contributed by atoms with van der Waals surface area (Å²) in [6.45, 7) is 3.04. The molecule has 0 radical (unpaired) electrons. The molecule has 0 fully saturated rings. The maximum absolute atomic E-state index is 12.0. The number of aliphatic hydroxyl groups is 1. The minimum Gasteiger partial charge on any atom is -0.393 e. The summed E-state index contributed by atoms with van der Waals surface area (Å²) in [6.07, 6.45) is 2.11. The van der Waals surface area contributed by atoms with Crippen molar-refractivity contribution in [3.63, 3.8) is 0 Å². The molecule has 28 heavy (non-hydrogen) atoms. The minimum absolute atomic E-state index is 0.0243. The maximum atomic E-state index is 12.0. The summed E-state index contributed by atoms with van der Waals surface area (Å²) in [5, 5.41) is 12.2. The van der Waals surface area contributed by atoms with Crippen LogP contribution in [-0.2, 0) is 17.8 Å². The number of benzene rings is 2. The fourth-order valence-electron chi connectivity index (χ4n) is 3.23. The highest BCUT2D eigenvalue weighted by atomic mass is 79.9. The van der Waals surface area contributed by atoms with E-state index >= 15 is 0 Å². The molecule has 1 aromatic heterocycles. The van der Waals surface area contributed by atoms with Crippen LogP contribution < -0.4 is 5.32 Å². The van der Waals surface area contributed by atoms with Gasteiger partial charge in [0, 0.05) is 30.4 Å². The van der Waals surface area contributed by atoms with Gasteiger partial charge >= 0.3 is 0 Å². The van der Waals surface area contributed by atoms with Gasteiger partial charge in [0.15, 0.2) is 0 Å². The van der Waals surface area contributed by atoms with Gasteiger partial charge in [0.2, 0.25) is 5.91 Å². The largest absolute Gasteiger partial charge is 0.393 e. The monoisotopic (exact) mass is 443 g/mol. The standard InChI is InChI=1S/C22H26BrN3O2/c1-16(27)5-4-8-22(28)24-14-13-21-25-19-6-2-3-7-20(19)26(21)15-17-9-11-18(23)12-10-17/h2-3,6-7,9-12,16,27H,4-5,8,13-15H2,1H3,(H,24,28)/t16-/m1/s1. The summed E-state index contributed by atoms with van der Waals surface area (Å²) >= 11 is 3.48. The van der Waals surface area contributed by atoms with Crippen molar-refractivity contribution in [2.45, 2.75) is 45.3 Å². The van der Waals surface area contributed by atoms with Gasteiger partial charge < -0.3 is 15.0 Å². The summed E-state index contributed by atoms with van der Waals surface area (Å²) in [5.41, 5.74) is 3.27. The highest BCUT2D eigenvalue weighted by Crippen LogP contribution is 2.19. The summed E-state index contributed by atoms with van der Waals surface area (Å²) in [4.78, 5) is 16.7. The van der Waals surface area contributed by atoms with Crippen LogP contribution in [0.25, 0.3) is 11.0 Å². The van der Waals surface area contributed by atoms with Crippen LogP contribution in [0.4, 0.5) is 0 Å². The highest BCUT2D eigenvalue weighted by Gasteiger charge is 2.11. The first-order valence-electron chi connectivity index (χ1n) is 9.66. The van der Waals surface area contributed by atoms with Crippen LogP contribution in [0.3, 0.4) is 0 Å². The van der Waals surface area contributed by atoms with Crippen molar-refractivity contribution in [1.82, 2.24) is 14.9 Å². The van der Waals surface area contributed by atoms with E-state index < -0.39 is 0 Å². The second kappa shape index (κ2) is 9.85. The number of aliphatic hydroxyl groups excluding tert-OH is 1. The van der Waals surface area contributed by atoms with Crippen LogP contribution in [0.15, 0.2) is 53.0 Å². The van der Waals surface area contributed by atoms with Gasteiger partial charge in [0.25, 0.3) is 0 Å². The Hall–Kier alpha value is -2.18. The summed E-state index contributed by atoms with van der Waals surface area (Å²) in [5.74, 6) is 0.990. The van der Waals surface area contributed by atoms with Gasteiger partial charge in [-0.3, -0.25) is 4.79 Å². The van der Waals surface area contributed by atoms with Crippen molar-refractivity contribution in [1.29, 1.82) is 0 Å². The first-order valence-corrected chi connectivity index (χ1v) is 10.5.